The zero-order valence-corrected chi connectivity index (χ0v) is 9.20. The molecule has 18 heavy (non-hydrogen) atoms. The number of hydrogen-bond donors (Lipinski definition) is 2. The zero-order valence-electron chi connectivity index (χ0n) is 9.20. The van der Waals surface area contributed by atoms with E-state index in [4.69, 9.17) is 15.5 Å². The van der Waals surface area contributed by atoms with Gasteiger partial charge in [0.1, 0.15) is 5.57 Å². The minimum atomic E-state index is -1.49. The van der Waals surface area contributed by atoms with Crippen LogP contribution in [0.25, 0.3) is 6.08 Å². The summed E-state index contributed by atoms with van der Waals surface area (Å²) in [4.78, 5) is 21.1. The Kier molecular flexibility index (Phi) is 4.41. The Balaban J connectivity index is 2.86. The summed E-state index contributed by atoms with van der Waals surface area (Å²) in [7, 11) is 0. The van der Waals surface area contributed by atoms with Crippen molar-refractivity contribution in [2.45, 2.75) is 0 Å². The summed E-state index contributed by atoms with van der Waals surface area (Å²) in [5.41, 5.74) is 0.541. The van der Waals surface area contributed by atoms with Gasteiger partial charge in [-0.2, -0.15) is 5.26 Å². The first-order valence-electron chi connectivity index (χ1n) is 4.89. The molecule has 1 rings (SSSR count). The highest BCUT2D eigenvalue weighted by Gasteiger charge is 2.13. The van der Waals surface area contributed by atoms with Crippen LogP contribution in [0.1, 0.15) is 11.1 Å². The fourth-order valence-electron chi connectivity index (χ4n) is 1.16. The van der Waals surface area contributed by atoms with Crippen molar-refractivity contribution in [1.29, 1.82) is 5.26 Å². The van der Waals surface area contributed by atoms with Gasteiger partial charge in [-0.15, -0.1) is 0 Å². The number of nitriles is 1. The Morgan fingerprint density at radius 3 is 2.11 bits per heavy atom. The van der Waals surface area contributed by atoms with Gasteiger partial charge in [-0.05, 0) is 23.8 Å². The van der Waals surface area contributed by atoms with Crippen LogP contribution in [-0.2, 0) is 9.59 Å². The Bertz CT molecular complexity index is 546. The number of allylic oxidation sites excluding steroid dienone is 2. The van der Waals surface area contributed by atoms with E-state index >= 15 is 0 Å². The lowest BCUT2D eigenvalue weighted by atomic mass is 10.1. The summed E-state index contributed by atoms with van der Waals surface area (Å²) in [5, 5.41) is 25.8. The third kappa shape index (κ3) is 3.61. The molecule has 0 aliphatic heterocycles. The van der Waals surface area contributed by atoms with Crippen molar-refractivity contribution >= 4 is 18.0 Å². The highest BCUT2D eigenvalue weighted by molar-refractivity contribution is 6.12. The lowest BCUT2D eigenvalue weighted by Gasteiger charge is -1.93. The van der Waals surface area contributed by atoms with Crippen molar-refractivity contribution in [3.63, 3.8) is 0 Å². The Morgan fingerprint density at radius 1 is 1.11 bits per heavy atom. The number of hydrogen-bond acceptors (Lipinski definition) is 3. The van der Waals surface area contributed by atoms with Crippen molar-refractivity contribution in [3.05, 3.63) is 53.1 Å². The second-order valence-electron chi connectivity index (χ2n) is 3.28. The van der Waals surface area contributed by atoms with E-state index < -0.39 is 17.5 Å². The maximum absolute atomic E-state index is 10.5. The van der Waals surface area contributed by atoms with Gasteiger partial charge in [0, 0.05) is 0 Å². The van der Waals surface area contributed by atoms with Gasteiger partial charge in [0.25, 0.3) is 0 Å². The second-order valence-corrected chi connectivity index (χ2v) is 3.28. The molecule has 0 heterocycles. The number of aliphatic carboxylic acids is 2. The van der Waals surface area contributed by atoms with Crippen molar-refractivity contribution in [1.82, 2.24) is 0 Å². The van der Waals surface area contributed by atoms with Gasteiger partial charge in [0.15, 0.2) is 0 Å². The first-order chi connectivity index (χ1) is 8.54. The van der Waals surface area contributed by atoms with Crippen molar-refractivity contribution < 1.29 is 19.8 Å². The highest BCUT2D eigenvalue weighted by Crippen LogP contribution is 2.06. The molecule has 0 amide bonds. The summed E-state index contributed by atoms with van der Waals surface area (Å²) in [6.07, 6.45) is 3.88. The van der Waals surface area contributed by atoms with E-state index in [0.717, 1.165) is 11.6 Å². The Hall–Kier alpha value is -2.87. The summed E-state index contributed by atoms with van der Waals surface area (Å²) in [6, 6.07) is 8.53. The van der Waals surface area contributed by atoms with Gasteiger partial charge in [0.05, 0.1) is 11.6 Å². The normalized spacial score (nSPS) is 9.72. The van der Waals surface area contributed by atoms with Crippen LogP contribution in [0.5, 0.6) is 0 Å². The molecule has 1 aromatic rings. The molecule has 5 heteroatoms. The van der Waals surface area contributed by atoms with E-state index in [9.17, 15) is 9.59 Å². The SMILES string of the molecule is N#Cc1ccc(/C=C/C=C(C(=O)O)C(=O)O)cc1. The van der Waals surface area contributed by atoms with E-state index in [0.29, 0.717) is 5.56 Å². The van der Waals surface area contributed by atoms with E-state index in [1.165, 1.54) is 6.08 Å². The van der Waals surface area contributed by atoms with E-state index in [-0.39, 0.29) is 0 Å². The lowest BCUT2D eigenvalue weighted by Crippen LogP contribution is -2.10. The molecule has 0 spiro atoms. The highest BCUT2D eigenvalue weighted by atomic mass is 16.4. The number of carbonyl (C=O) groups is 2. The van der Waals surface area contributed by atoms with E-state index in [1.807, 2.05) is 6.07 Å². The fraction of sp³-hybridized carbons (Fsp3) is 0. The van der Waals surface area contributed by atoms with Gasteiger partial charge in [0.2, 0.25) is 0 Å². The molecule has 5 nitrogen and oxygen atoms in total. The molecular formula is C13H9NO4. The molecule has 0 unspecified atom stereocenters. The monoisotopic (exact) mass is 243 g/mol. The van der Waals surface area contributed by atoms with E-state index in [2.05, 4.69) is 0 Å². The Labute approximate surface area is 103 Å². The van der Waals surface area contributed by atoms with Crippen LogP contribution in [0.15, 0.2) is 42.0 Å². The summed E-state index contributed by atoms with van der Waals surface area (Å²) < 4.78 is 0. The molecule has 0 saturated carbocycles. The summed E-state index contributed by atoms with van der Waals surface area (Å²) in [6.45, 7) is 0. The average molecular weight is 243 g/mol. The Morgan fingerprint density at radius 2 is 1.67 bits per heavy atom. The predicted octanol–water partition coefficient (Wildman–Crippen LogP) is 1.67. The largest absolute Gasteiger partial charge is 0.477 e. The molecule has 90 valence electrons. The standard InChI is InChI=1S/C13H9NO4/c14-8-10-6-4-9(5-7-10)2-1-3-11(12(15)16)13(17)18/h1-7H,(H,15,16)(H,17,18)/b2-1+. The van der Waals surface area contributed by atoms with Crippen LogP contribution in [0.4, 0.5) is 0 Å². The fourth-order valence-corrected chi connectivity index (χ4v) is 1.16. The van der Waals surface area contributed by atoms with Gasteiger partial charge < -0.3 is 10.2 Å². The van der Waals surface area contributed by atoms with Gasteiger partial charge in [-0.25, -0.2) is 9.59 Å². The molecular weight excluding hydrogens is 234 g/mol. The number of carboxylic acids is 2. The van der Waals surface area contributed by atoms with Gasteiger partial charge in [-0.3, -0.25) is 0 Å². The van der Waals surface area contributed by atoms with Crippen LogP contribution in [0.2, 0.25) is 0 Å². The number of carboxylic acid groups (broad SMARTS) is 2. The zero-order chi connectivity index (χ0) is 13.5. The van der Waals surface area contributed by atoms with E-state index in [1.54, 1.807) is 30.3 Å². The van der Waals surface area contributed by atoms with Crippen molar-refractivity contribution in [2.75, 3.05) is 0 Å². The van der Waals surface area contributed by atoms with Crippen molar-refractivity contribution in [2.24, 2.45) is 0 Å². The maximum Gasteiger partial charge on any atom is 0.343 e. The molecule has 0 aliphatic rings. The molecule has 0 saturated heterocycles. The second kappa shape index (κ2) is 6.01. The quantitative estimate of drug-likeness (QED) is 0.362. The maximum atomic E-state index is 10.5. The first-order valence-corrected chi connectivity index (χ1v) is 4.89. The molecule has 2 N–H and O–H groups in total. The minimum Gasteiger partial charge on any atom is -0.477 e. The predicted molar refractivity (Wildman–Crippen MR) is 63.5 cm³/mol. The molecule has 0 bridgehead atoms. The number of nitrogens with zero attached hydrogens (tertiary/aromatic N) is 1. The van der Waals surface area contributed by atoms with Gasteiger partial charge >= 0.3 is 11.9 Å². The summed E-state index contributed by atoms with van der Waals surface area (Å²) in [5.74, 6) is -2.99. The molecule has 0 aliphatic carbocycles. The molecule has 0 aromatic heterocycles. The van der Waals surface area contributed by atoms with Crippen LogP contribution < -0.4 is 0 Å². The molecule has 0 atom stereocenters. The number of rotatable bonds is 4. The van der Waals surface area contributed by atoms with Gasteiger partial charge in [-0.1, -0.05) is 24.3 Å². The first kappa shape index (κ1) is 13.2. The van der Waals surface area contributed by atoms with Crippen LogP contribution >= 0.6 is 0 Å². The van der Waals surface area contributed by atoms with Crippen molar-refractivity contribution in [3.8, 4) is 6.07 Å². The summed E-state index contributed by atoms with van der Waals surface area (Å²) >= 11 is 0. The minimum absolute atomic E-state index is 0.513. The smallest absolute Gasteiger partial charge is 0.343 e. The van der Waals surface area contributed by atoms with Crippen LogP contribution in [0.3, 0.4) is 0 Å². The topological polar surface area (TPSA) is 98.4 Å². The molecule has 0 fully saturated rings. The molecule has 0 radical (unpaired) electrons. The third-order valence-corrected chi connectivity index (χ3v) is 2.05. The third-order valence-electron chi connectivity index (χ3n) is 2.05. The lowest BCUT2D eigenvalue weighted by molar-refractivity contribution is -0.140. The molecule has 1 aromatic carbocycles. The van der Waals surface area contributed by atoms with Crippen LogP contribution in [0, 0.1) is 11.3 Å². The number of benzene rings is 1. The average Bonchev–Trinajstić information content (AvgIpc) is 2.34. The van der Waals surface area contributed by atoms with Crippen LogP contribution in [-0.4, -0.2) is 22.2 Å².